The van der Waals surface area contributed by atoms with Crippen molar-refractivity contribution in [3.05, 3.63) is 97.7 Å². The van der Waals surface area contributed by atoms with Crippen molar-refractivity contribution in [3.63, 3.8) is 0 Å². The molecule has 0 aromatic heterocycles. The van der Waals surface area contributed by atoms with E-state index >= 15 is 0 Å². The molecule has 0 bridgehead atoms. The molecule has 134 valence electrons. The van der Waals surface area contributed by atoms with Crippen LogP contribution in [0.4, 0.5) is 11.4 Å². The van der Waals surface area contributed by atoms with Crippen LogP contribution in [0.25, 0.3) is 6.08 Å². The number of esters is 1. The molecule has 1 aliphatic rings. The van der Waals surface area contributed by atoms with Crippen molar-refractivity contribution >= 4 is 29.3 Å². The van der Waals surface area contributed by atoms with E-state index in [1.54, 1.807) is 18.2 Å². The number of benzene rings is 2. The van der Waals surface area contributed by atoms with E-state index in [0.717, 1.165) is 0 Å². The predicted octanol–water partition coefficient (Wildman–Crippen LogP) is 3.40. The first kappa shape index (κ1) is 17.7. The van der Waals surface area contributed by atoms with Crippen LogP contribution in [0.1, 0.15) is 11.1 Å². The number of hydrogen-bond acceptors (Lipinski definition) is 7. The molecule has 0 unspecified atom stereocenters. The summed E-state index contributed by atoms with van der Waals surface area (Å²) in [7, 11) is 0. The second-order valence-electron chi connectivity index (χ2n) is 5.34. The lowest BCUT2D eigenvalue weighted by atomic mass is 10.1. The number of nitro groups is 2. The van der Waals surface area contributed by atoms with Gasteiger partial charge in [-0.1, -0.05) is 24.3 Å². The molecule has 3 rings (SSSR count). The standard InChI is InChI=1S/C18H11N3O6/c22-18-15(9-4-6-12-5-1-2-10-16(12)21(25)26)19-17(27-18)13-7-3-8-14(11-13)20(23)24/h1-11H/b6-4+,15-9-. The molecular weight excluding hydrogens is 354 g/mol. The van der Waals surface area contributed by atoms with Gasteiger partial charge in [-0.15, -0.1) is 0 Å². The van der Waals surface area contributed by atoms with Crippen LogP contribution in [0.2, 0.25) is 0 Å². The van der Waals surface area contributed by atoms with E-state index in [9.17, 15) is 25.0 Å². The van der Waals surface area contributed by atoms with Gasteiger partial charge < -0.3 is 4.74 Å². The first-order valence-electron chi connectivity index (χ1n) is 7.63. The van der Waals surface area contributed by atoms with Crippen molar-refractivity contribution in [2.75, 3.05) is 0 Å². The predicted molar refractivity (Wildman–Crippen MR) is 95.9 cm³/mol. The van der Waals surface area contributed by atoms with Crippen LogP contribution < -0.4 is 0 Å². The van der Waals surface area contributed by atoms with Gasteiger partial charge in [0.25, 0.3) is 11.4 Å². The molecule has 0 radical (unpaired) electrons. The minimum absolute atomic E-state index is 0.0219. The summed E-state index contributed by atoms with van der Waals surface area (Å²) in [5.74, 6) is -0.766. The summed E-state index contributed by atoms with van der Waals surface area (Å²) in [6, 6.07) is 11.7. The van der Waals surface area contributed by atoms with E-state index in [-0.39, 0.29) is 23.0 Å². The molecule has 0 fully saturated rings. The van der Waals surface area contributed by atoms with E-state index in [1.165, 1.54) is 48.6 Å². The first-order valence-corrected chi connectivity index (χ1v) is 7.63. The lowest BCUT2D eigenvalue weighted by Crippen LogP contribution is -2.05. The van der Waals surface area contributed by atoms with E-state index in [1.807, 2.05) is 0 Å². The summed E-state index contributed by atoms with van der Waals surface area (Å²) in [5, 5.41) is 21.8. The van der Waals surface area contributed by atoms with Gasteiger partial charge in [0.2, 0.25) is 5.90 Å². The van der Waals surface area contributed by atoms with Gasteiger partial charge in [-0.25, -0.2) is 9.79 Å². The highest BCUT2D eigenvalue weighted by Crippen LogP contribution is 2.21. The Balaban J connectivity index is 1.85. The van der Waals surface area contributed by atoms with Crippen LogP contribution in [0.5, 0.6) is 0 Å². The fourth-order valence-electron chi connectivity index (χ4n) is 2.34. The zero-order chi connectivity index (χ0) is 19.4. The molecule has 0 atom stereocenters. The quantitative estimate of drug-likeness (QED) is 0.346. The molecule has 2 aromatic carbocycles. The molecule has 0 amide bonds. The molecule has 0 spiro atoms. The third-order valence-electron chi connectivity index (χ3n) is 3.59. The highest BCUT2D eigenvalue weighted by atomic mass is 16.6. The van der Waals surface area contributed by atoms with Crippen molar-refractivity contribution in [1.82, 2.24) is 0 Å². The summed E-state index contributed by atoms with van der Waals surface area (Å²) in [6.07, 6.45) is 4.27. The number of carbonyl (C=O) groups excluding carboxylic acids is 1. The van der Waals surface area contributed by atoms with Crippen molar-refractivity contribution in [1.29, 1.82) is 0 Å². The minimum atomic E-state index is -0.719. The number of allylic oxidation sites excluding steroid dienone is 2. The zero-order valence-corrected chi connectivity index (χ0v) is 13.6. The summed E-state index contributed by atoms with van der Waals surface area (Å²) in [6.45, 7) is 0. The Bertz CT molecular complexity index is 1040. The van der Waals surface area contributed by atoms with Gasteiger partial charge in [-0.3, -0.25) is 20.2 Å². The lowest BCUT2D eigenvalue weighted by molar-refractivity contribution is -0.385. The van der Waals surface area contributed by atoms with E-state index in [4.69, 9.17) is 4.74 Å². The summed E-state index contributed by atoms with van der Waals surface area (Å²) >= 11 is 0. The molecule has 9 heteroatoms. The largest absolute Gasteiger partial charge is 0.402 e. The van der Waals surface area contributed by atoms with Crippen LogP contribution in [0.15, 0.2) is 71.4 Å². The highest BCUT2D eigenvalue weighted by molar-refractivity contribution is 6.11. The molecule has 9 nitrogen and oxygen atoms in total. The van der Waals surface area contributed by atoms with Crippen molar-refractivity contribution in [3.8, 4) is 0 Å². The Labute approximate surface area is 152 Å². The Kier molecular flexibility index (Phi) is 4.84. The number of aliphatic imine (C=N–C) groups is 1. The van der Waals surface area contributed by atoms with Crippen LogP contribution in [0, 0.1) is 20.2 Å². The van der Waals surface area contributed by atoms with Gasteiger partial charge in [0.1, 0.15) is 0 Å². The number of carbonyl (C=O) groups is 1. The number of nitro benzene ring substituents is 2. The minimum Gasteiger partial charge on any atom is -0.402 e. The number of ether oxygens (including phenoxy) is 1. The van der Waals surface area contributed by atoms with Crippen LogP contribution in [-0.4, -0.2) is 21.7 Å². The van der Waals surface area contributed by atoms with Gasteiger partial charge in [0, 0.05) is 23.8 Å². The van der Waals surface area contributed by atoms with Crippen LogP contribution in [0.3, 0.4) is 0 Å². The smallest absolute Gasteiger partial charge is 0.363 e. The fraction of sp³-hybridized carbons (Fsp3) is 0. The third-order valence-corrected chi connectivity index (χ3v) is 3.59. The number of para-hydroxylation sites is 1. The third kappa shape index (κ3) is 3.93. The number of hydrogen-bond donors (Lipinski definition) is 0. The molecular formula is C18H11N3O6. The van der Waals surface area contributed by atoms with Crippen molar-refractivity contribution in [2.24, 2.45) is 4.99 Å². The Morgan fingerprint density at radius 2 is 1.78 bits per heavy atom. The molecule has 27 heavy (non-hydrogen) atoms. The number of nitrogens with zero attached hydrogens (tertiary/aromatic N) is 3. The average molecular weight is 365 g/mol. The fourth-order valence-corrected chi connectivity index (χ4v) is 2.34. The normalized spacial score (nSPS) is 15.0. The molecule has 0 N–H and O–H groups in total. The summed E-state index contributed by atoms with van der Waals surface area (Å²) in [4.78, 5) is 36.7. The second kappa shape index (κ2) is 7.40. The SMILES string of the molecule is O=C1OC(c2cccc([N+](=O)[O-])c2)=N/C1=C\C=C\c1ccccc1[N+](=O)[O-]. The first-order chi connectivity index (χ1) is 13.0. The van der Waals surface area contributed by atoms with E-state index < -0.39 is 15.8 Å². The Morgan fingerprint density at radius 3 is 2.52 bits per heavy atom. The maximum Gasteiger partial charge on any atom is 0.363 e. The molecule has 2 aromatic rings. The maximum atomic E-state index is 11.9. The van der Waals surface area contributed by atoms with E-state index in [0.29, 0.717) is 11.1 Å². The van der Waals surface area contributed by atoms with Gasteiger partial charge in [-0.2, -0.15) is 0 Å². The van der Waals surface area contributed by atoms with Gasteiger partial charge in [0.05, 0.1) is 15.4 Å². The van der Waals surface area contributed by atoms with Gasteiger partial charge >= 0.3 is 5.97 Å². The van der Waals surface area contributed by atoms with Crippen molar-refractivity contribution < 1.29 is 19.4 Å². The second-order valence-corrected chi connectivity index (χ2v) is 5.34. The van der Waals surface area contributed by atoms with Gasteiger partial charge in [0.15, 0.2) is 5.70 Å². The molecule has 0 saturated heterocycles. The molecule has 0 aliphatic carbocycles. The monoisotopic (exact) mass is 365 g/mol. The van der Waals surface area contributed by atoms with Crippen LogP contribution >= 0.6 is 0 Å². The average Bonchev–Trinajstić information content (AvgIpc) is 3.03. The van der Waals surface area contributed by atoms with Crippen LogP contribution in [-0.2, 0) is 9.53 Å². The Hall–Kier alpha value is -4.14. The highest BCUT2D eigenvalue weighted by Gasteiger charge is 2.24. The summed E-state index contributed by atoms with van der Waals surface area (Å²) in [5.41, 5.74) is 0.422. The zero-order valence-electron chi connectivity index (χ0n) is 13.6. The summed E-state index contributed by atoms with van der Waals surface area (Å²) < 4.78 is 5.04. The molecule has 0 saturated carbocycles. The number of cyclic esters (lactones) is 1. The Morgan fingerprint density at radius 1 is 1.00 bits per heavy atom. The van der Waals surface area contributed by atoms with E-state index in [2.05, 4.69) is 4.99 Å². The van der Waals surface area contributed by atoms with Crippen molar-refractivity contribution in [2.45, 2.75) is 0 Å². The number of non-ortho nitro benzene ring substituents is 1. The topological polar surface area (TPSA) is 125 Å². The van der Waals surface area contributed by atoms with Gasteiger partial charge in [-0.05, 0) is 24.3 Å². The maximum absolute atomic E-state index is 11.9. The number of rotatable bonds is 5. The lowest BCUT2D eigenvalue weighted by Gasteiger charge is -1.98. The molecule has 1 aliphatic heterocycles. The molecule has 1 heterocycles.